The number of nitrogens with one attached hydrogen (secondary N) is 1. The van der Waals surface area contributed by atoms with E-state index in [-0.39, 0.29) is 31.6 Å². The molecule has 274 valence electrons. The summed E-state index contributed by atoms with van der Waals surface area (Å²) in [5.41, 5.74) is 1.53. The predicted molar refractivity (Wildman–Crippen MR) is 197 cm³/mol. The largest absolute Gasteiger partial charge is 0.496 e. The van der Waals surface area contributed by atoms with Crippen molar-refractivity contribution >= 4 is 46.7 Å². The molecule has 2 atom stereocenters. The van der Waals surface area contributed by atoms with E-state index >= 15 is 0 Å². The van der Waals surface area contributed by atoms with Gasteiger partial charge in [-0.25, -0.2) is 9.59 Å². The summed E-state index contributed by atoms with van der Waals surface area (Å²) in [6.07, 6.45) is 3.65. The molecular formula is C37H45ClN4O8S. The van der Waals surface area contributed by atoms with Crippen LogP contribution in [0.3, 0.4) is 0 Å². The molecule has 0 spiro atoms. The first kappa shape index (κ1) is 39.2. The third-order valence-corrected chi connectivity index (χ3v) is 8.95. The topological polar surface area (TPSA) is 129 Å². The van der Waals surface area contributed by atoms with Crippen molar-refractivity contribution < 1.29 is 38.1 Å². The van der Waals surface area contributed by atoms with Crippen LogP contribution in [0.4, 0.5) is 4.79 Å². The third kappa shape index (κ3) is 9.79. The van der Waals surface area contributed by atoms with Crippen LogP contribution in [-0.2, 0) is 22.5 Å². The van der Waals surface area contributed by atoms with Crippen molar-refractivity contribution in [1.29, 1.82) is 0 Å². The second-order valence-corrected chi connectivity index (χ2v) is 13.9. The Bertz CT molecular complexity index is 1740. The fraction of sp³-hybridized carbons (Fsp3) is 0.432. The minimum Gasteiger partial charge on any atom is -0.496 e. The number of carbonyl (C=O) groups is 3. The summed E-state index contributed by atoms with van der Waals surface area (Å²) in [7, 11) is 6.19. The Morgan fingerprint density at radius 2 is 1.67 bits per heavy atom. The highest BCUT2D eigenvalue weighted by molar-refractivity contribution is 7.80. The molecule has 0 aliphatic carbocycles. The number of rotatable bonds is 12. The highest BCUT2D eigenvalue weighted by Gasteiger charge is 2.38. The van der Waals surface area contributed by atoms with Crippen molar-refractivity contribution in [1.82, 2.24) is 20.1 Å². The van der Waals surface area contributed by atoms with Gasteiger partial charge in [0, 0.05) is 36.1 Å². The minimum atomic E-state index is -0.740. The molecule has 1 saturated heterocycles. The van der Waals surface area contributed by atoms with Crippen LogP contribution in [0, 0.1) is 5.92 Å². The number of esters is 1. The lowest BCUT2D eigenvalue weighted by Crippen LogP contribution is -2.48. The molecule has 51 heavy (non-hydrogen) atoms. The molecule has 1 unspecified atom stereocenters. The summed E-state index contributed by atoms with van der Waals surface area (Å²) in [4.78, 5) is 48.8. The van der Waals surface area contributed by atoms with Crippen LogP contribution >= 0.6 is 23.8 Å². The van der Waals surface area contributed by atoms with Gasteiger partial charge in [0.25, 0.3) is 0 Å². The Kier molecular flexibility index (Phi) is 13.1. The molecule has 0 bridgehead atoms. The van der Waals surface area contributed by atoms with Crippen LogP contribution in [0.25, 0.3) is 0 Å². The summed E-state index contributed by atoms with van der Waals surface area (Å²) in [5.74, 6) is 0.436. The maximum absolute atomic E-state index is 14.4. The number of urea groups is 1. The van der Waals surface area contributed by atoms with Gasteiger partial charge in [-0.05, 0) is 69.0 Å². The number of carbonyl (C=O) groups excluding carboxylic acids is 3. The number of amides is 3. The van der Waals surface area contributed by atoms with Crippen LogP contribution in [0.2, 0.25) is 5.02 Å². The zero-order valence-electron chi connectivity index (χ0n) is 30.2. The van der Waals surface area contributed by atoms with Crippen LogP contribution in [0.5, 0.6) is 23.0 Å². The highest BCUT2D eigenvalue weighted by atomic mass is 35.5. The Morgan fingerprint density at radius 3 is 2.25 bits per heavy atom. The van der Waals surface area contributed by atoms with Gasteiger partial charge in [-0.1, -0.05) is 30.7 Å². The van der Waals surface area contributed by atoms with Gasteiger partial charge in [0.2, 0.25) is 5.91 Å². The average molecular weight is 741 g/mol. The fourth-order valence-corrected chi connectivity index (χ4v) is 6.26. The van der Waals surface area contributed by atoms with Crippen molar-refractivity contribution in [2.24, 2.45) is 5.92 Å². The zero-order chi connectivity index (χ0) is 37.5. The molecule has 4 rings (SSSR count). The number of hydrogen-bond donors (Lipinski definition) is 1. The molecule has 3 aromatic rings. The number of methoxy groups -OCH3 is 4. The summed E-state index contributed by atoms with van der Waals surface area (Å²) in [6.45, 7) is 7.46. The van der Waals surface area contributed by atoms with E-state index in [1.165, 1.54) is 6.20 Å². The predicted octanol–water partition coefficient (Wildman–Crippen LogP) is 6.42. The van der Waals surface area contributed by atoms with Gasteiger partial charge < -0.3 is 33.9 Å². The van der Waals surface area contributed by atoms with E-state index in [1.54, 1.807) is 91.8 Å². The first-order valence-corrected chi connectivity index (χ1v) is 17.2. The highest BCUT2D eigenvalue weighted by Crippen LogP contribution is 2.36. The van der Waals surface area contributed by atoms with Crippen molar-refractivity contribution in [2.45, 2.75) is 58.7 Å². The molecule has 1 N–H and O–H groups in total. The van der Waals surface area contributed by atoms with E-state index in [1.807, 2.05) is 11.8 Å². The maximum atomic E-state index is 14.4. The number of benzene rings is 2. The standard InChI is InChI=1S/C37H45ClN4O8S/c1-9-29(23-13-24(18-39-17-23)35(44)50-37(2,3)4)40-36(45)42-21-33(51)41(20-28-31(48-7)15-27(46-5)16-32(28)49-8)19-25(34(42)43)12-22-14-26(38)10-11-30(22)47-6/h10-11,13-18,25,29H,9,12,19-21H2,1-8H3,(H,40,45)/t25?,29-/m1/s1. The first-order chi connectivity index (χ1) is 24.2. The zero-order valence-corrected chi connectivity index (χ0v) is 31.8. The van der Waals surface area contributed by atoms with Crippen LogP contribution in [0.15, 0.2) is 48.8 Å². The molecule has 12 nitrogen and oxygen atoms in total. The molecule has 1 aliphatic rings. The number of hydrogen-bond acceptors (Lipinski definition) is 10. The summed E-state index contributed by atoms with van der Waals surface area (Å²) < 4.78 is 27.9. The van der Waals surface area contributed by atoms with Gasteiger partial charge in [-0.15, -0.1) is 0 Å². The van der Waals surface area contributed by atoms with Gasteiger partial charge >= 0.3 is 12.0 Å². The molecule has 1 fully saturated rings. The molecule has 14 heteroatoms. The second-order valence-electron chi connectivity index (χ2n) is 13.0. The van der Waals surface area contributed by atoms with Crippen molar-refractivity contribution in [3.05, 3.63) is 76.1 Å². The molecular weight excluding hydrogens is 696 g/mol. The van der Waals surface area contributed by atoms with Gasteiger partial charge in [-0.3, -0.25) is 14.7 Å². The minimum absolute atomic E-state index is 0.156. The molecule has 0 radical (unpaired) electrons. The quantitative estimate of drug-likeness (QED) is 0.163. The molecule has 3 amide bonds. The van der Waals surface area contributed by atoms with Crippen molar-refractivity contribution in [3.63, 3.8) is 0 Å². The van der Waals surface area contributed by atoms with Gasteiger partial charge in [0.15, 0.2) is 0 Å². The summed E-state index contributed by atoms with van der Waals surface area (Å²) >= 11 is 12.3. The lowest BCUT2D eigenvalue weighted by molar-refractivity contribution is -0.131. The lowest BCUT2D eigenvalue weighted by Gasteiger charge is -2.27. The lowest BCUT2D eigenvalue weighted by atomic mass is 9.96. The van der Waals surface area contributed by atoms with Gasteiger partial charge in [0.05, 0.1) is 69.6 Å². The number of ether oxygens (including phenoxy) is 5. The van der Waals surface area contributed by atoms with Crippen LogP contribution in [-0.4, -0.2) is 84.8 Å². The van der Waals surface area contributed by atoms with Gasteiger partial charge in [-0.2, -0.15) is 0 Å². The molecule has 2 heterocycles. The number of imide groups is 1. The van der Waals surface area contributed by atoms with E-state index in [9.17, 15) is 14.4 Å². The number of pyridine rings is 1. The average Bonchev–Trinajstić information content (AvgIpc) is 3.21. The van der Waals surface area contributed by atoms with E-state index in [2.05, 4.69) is 10.3 Å². The van der Waals surface area contributed by atoms with E-state index in [4.69, 9.17) is 47.5 Å². The molecule has 0 saturated carbocycles. The molecule has 2 aromatic carbocycles. The SMILES string of the molecule is CC[C@@H](NC(=O)N1CC(=S)N(Cc2c(OC)cc(OC)cc2OC)CC(Cc2cc(Cl)ccc2OC)C1=O)c1cncc(C(=O)OC(C)(C)C)c1. The summed E-state index contributed by atoms with van der Waals surface area (Å²) in [6, 6.07) is 9.11. The number of nitrogens with zero attached hydrogens (tertiary/aromatic N) is 3. The monoisotopic (exact) mass is 740 g/mol. The number of aromatic nitrogens is 1. The van der Waals surface area contributed by atoms with E-state index in [0.717, 1.165) is 4.90 Å². The number of thiocarbonyl (C=S) groups is 1. The van der Waals surface area contributed by atoms with E-state index in [0.29, 0.717) is 56.1 Å². The Labute approximate surface area is 309 Å². The first-order valence-electron chi connectivity index (χ1n) is 16.4. The Morgan fingerprint density at radius 1 is 1.00 bits per heavy atom. The smallest absolute Gasteiger partial charge is 0.340 e. The molecule has 1 aliphatic heterocycles. The van der Waals surface area contributed by atoms with Crippen LogP contribution < -0.4 is 24.3 Å². The normalized spacial score (nSPS) is 15.5. The van der Waals surface area contributed by atoms with Gasteiger partial charge in [0.1, 0.15) is 28.6 Å². The van der Waals surface area contributed by atoms with Crippen molar-refractivity contribution in [3.8, 4) is 23.0 Å². The Hall–Kier alpha value is -4.62. The van der Waals surface area contributed by atoms with E-state index < -0.39 is 35.5 Å². The molecule has 1 aromatic heterocycles. The number of halogens is 1. The maximum Gasteiger partial charge on any atom is 0.340 e. The summed E-state index contributed by atoms with van der Waals surface area (Å²) in [5, 5.41) is 3.45. The third-order valence-electron chi connectivity index (χ3n) is 8.32. The van der Waals surface area contributed by atoms with Crippen LogP contribution in [0.1, 0.15) is 67.2 Å². The second kappa shape index (κ2) is 17.1. The fourth-order valence-electron chi connectivity index (χ4n) is 5.80. The Balaban J connectivity index is 1.69. The van der Waals surface area contributed by atoms with Crippen molar-refractivity contribution in [2.75, 3.05) is 41.5 Å².